The van der Waals surface area contributed by atoms with Gasteiger partial charge in [-0.05, 0) is 0 Å². The number of H-pyrrole nitrogens is 1. The molecule has 31 heavy (non-hydrogen) atoms. The summed E-state index contributed by atoms with van der Waals surface area (Å²) >= 11 is 0. The number of nitrogens with zero attached hydrogens (tertiary/aromatic N) is 1. The fourth-order valence-electron chi connectivity index (χ4n) is 2.39. The fraction of sp³-hybridized carbons (Fsp3) is 0.600. The van der Waals surface area contributed by atoms with Gasteiger partial charge in [-0.3, -0.25) is 18.9 Å². The standard InChI is InChI=1S/C10H16BN2O15P3/c1-24-4-2-13(10(17)12-8(4)16)9-7(15)6(14)5(26-9)3-25-29(11,18)27-31(22,23)28-30(19,20)21/h2,5-7,9,14-15H,3H2,1H3,(H,22,23)(H,12,16,17)(H2,19,20,21)/t5-,6-,7-,9-,29+/m1/s1. The number of nitrogens with one attached hydrogen (secondary N) is 1. The first kappa shape index (κ1) is 26.1. The fourth-order valence-corrected chi connectivity index (χ4v) is 5.55. The lowest BCUT2D eigenvalue weighted by Gasteiger charge is -2.21. The van der Waals surface area contributed by atoms with Crippen LogP contribution in [-0.2, 0) is 31.6 Å². The first-order valence-corrected chi connectivity index (χ1v) is 12.4. The number of phosphoric acid groups is 2. The molecular weight excluding hydrogens is 492 g/mol. The number of aliphatic hydroxyl groups excluding tert-OH is 2. The third-order valence-corrected chi connectivity index (χ3v) is 7.53. The molecule has 174 valence electrons. The lowest BCUT2D eigenvalue weighted by Crippen LogP contribution is -2.38. The van der Waals surface area contributed by atoms with Crippen molar-refractivity contribution in [1.82, 2.24) is 9.55 Å². The molecule has 2 radical (unpaired) electrons. The van der Waals surface area contributed by atoms with Gasteiger partial charge in [0.05, 0.1) is 19.9 Å². The highest BCUT2D eigenvalue weighted by Gasteiger charge is 2.46. The summed E-state index contributed by atoms with van der Waals surface area (Å²) in [5.74, 6) is -0.326. The SMILES string of the molecule is [B][P@](=O)(OC[C@H]1O[C@@H](n2cc(OC)c(=O)[nH]c2=O)[C@H](O)[C@@H]1O)OP(=O)(O)OP(=O)(O)O. The third kappa shape index (κ3) is 6.93. The maximum atomic E-state index is 12.0. The van der Waals surface area contributed by atoms with Crippen molar-refractivity contribution in [3.63, 3.8) is 0 Å². The number of aliphatic hydroxyl groups is 2. The molecule has 1 fully saturated rings. The highest BCUT2D eigenvalue weighted by molar-refractivity contribution is 7.84. The van der Waals surface area contributed by atoms with Gasteiger partial charge in [-0.25, -0.2) is 18.2 Å². The van der Waals surface area contributed by atoms with Crippen LogP contribution in [0.2, 0.25) is 0 Å². The maximum Gasteiger partial charge on any atom is 0.487 e. The van der Waals surface area contributed by atoms with Gasteiger partial charge < -0.3 is 38.9 Å². The van der Waals surface area contributed by atoms with Crippen LogP contribution in [0.15, 0.2) is 15.8 Å². The van der Waals surface area contributed by atoms with Gasteiger partial charge in [0.2, 0.25) is 13.3 Å². The molecule has 2 rings (SSSR count). The molecule has 0 amide bonds. The van der Waals surface area contributed by atoms with Crippen LogP contribution in [-0.4, -0.2) is 74.0 Å². The molecule has 6 atom stereocenters. The Balaban J connectivity index is 2.12. The topological polar surface area (TPSA) is 253 Å². The molecule has 1 unspecified atom stereocenters. The molecule has 1 aliphatic rings. The Hall–Kier alpha value is -1.13. The van der Waals surface area contributed by atoms with Crippen molar-refractivity contribution in [1.29, 1.82) is 0 Å². The predicted octanol–water partition coefficient (Wildman–Crippen LogP) is -2.32. The summed E-state index contributed by atoms with van der Waals surface area (Å²) < 4.78 is 56.5. The Labute approximate surface area is 173 Å². The number of hydrogen-bond donors (Lipinski definition) is 6. The summed E-state index contributed by atoms with van der Waals surface area (Å²) in [6.07, 6.45) is -5.78. The average molecular weight is 508 g/mol. The quantitative estimate of drug-likeness (QED) is 0.151. The van der Waals surface area contributed by atoms with Crippen LogP contribution >= 0.6 is 23.1 Å². The number of aromatic nitrogens is 2. The van der Waals surface area contributed by atoms with Crippen molar-refractivity contribution >= 4 is 30.7 Å². The van der Waals surface area contributed by atoms with Crippen molar-refractivity contribution in [2.24, 2.45) is 0 Å². The van der Waals surface area contributed by atoms with E-state index >= 15 is 0 Å². The lowest BCUT2D eigenvalue weighted by atomic mass is 10.1. The van der Waals surface area contributed by atoms with Gasteiger partial charge in [0.1, 0.15) is 18.3 Å². The predicted molar refractivity (Wildman–Crippen MR) is 97.2 cm³/mol. The van der Waals surface area contributed by atoms with Crippen molar-refractivity contribution < 1.29 is 61.2 Å². The van der Waals surface area contributed by atoms with E-state index in [1.807, 2.05) is 4.98 Å². The van der Waals surface area contributed by atoms with Crippen molar-refractivity contribution in [2.45, 2.75) is 24.5 Å². The van der Waals surface area contributed by atoms with E-state index in [0.29, 0.717) is 4.57 Å². The minimum absolute atomic E-state index is 0.326. The van der Waals surface area contributed by atoms with Crippen LogP contribution in [0.3, 0.4) is 0 Å². The molecule has 1 aliphatic heterocycles. The second kappa shape index (κ2) is 9.39. The van der Waals surface area contributed by atoms with E-state index in [1.165, 1.54) is 0 Å². The second-order valence-electron chi connectivity index (χ2n) is 5.87. The zero-order chi connectivity index (χ0) is 23.8. The highest BCUT2D eigenvalue weighted by atomic mass is 31.3. The van der Waals surface area contributed by atoms with Crippen LogP contribution < -0.4 is 16.0 Å². The van der Waals surface area contributed by atoms with Crippen LogP contribution in [0.1, 0.15) is 6.23 Å². The van der Waals surface area contributed by atoms with Crippen molar-refractivity contribution in [3.8, 4) is 5.75 Å². The minimum atomic E-state index is -5.63. The number of hydrogen-bond acceptors (Lipinski definition) is 12. The maximum absolute atomic E-state index is 12.0. The Morgan fingerprint density at radius 3 is 2.32 bits per heavy atom. The van der Waals surface area contributed by atoms with E-state index in [-0.39, 0.29) is 5.75 Å². The molecule has 0 aliphatic carbocycles. The number of methoxy groups -OCH3 is 1. The van der Waals surface area contributed by atoms with E-state index < -0.39 is 65.5 Å². The van der Waals surface area contributed by atoms with Gasteiger partial charge in [-0.1, -0.05) is 0 Å². The Morgan fingerprint density at radius 1 is 1.16 bits per heavy atom. The molecule has 2 heterocycles. The van der Waals surface area contributed by atoms with Gasteiger partial charge in [0.15, 0.2) is 6.23 Å². The van der Waals surface area contributed by atoms with E-state index in [9.17, 15) is 33.5 Å². The van der Waals surface area contributed by atoms with Gasteiger partial charge in [-0.2, -0.15) is 4.31 Å². The zero-order valence-electron chi connectivity index (χ0n) is 15.3. The molecule has 17 nitrogen and oxygen atoms in total. The average Bonchev–Trinajstić information content (AvgIpc) is 2.85. The van der Waals surface area contributed by atoms with E-state index in [4.69, 9.17) is 31.7 Å². The molecule has 0 spiro atoms. The molecule has 0 saturated carbocycles. The molecule has 1 saturated heterocycles. The Morgan fingerprint density at radius 2 is 1.77 bits per heavy atom. The number of ether oxygens (including phenoxy) is 2. The monoisotopic (exact) mass is 508 g/mol. The summed E-state index contributed by atoms with van der Waals surface area (Å²) in [5.41, 5.74) is -1.91. The van der Waals surface area contributed by atoms with E-state index in [2.05, 4.69) is 13.1 Å². The normalized spacial score (nSPS) is 28.1. The smallest absolute Gasteiger partial charge is 0.487 e. The molecule has 0 aromatic carbocycles. The summed E-state index contributed by atoms with van der Waals surface area (Å²) in [6.45, 7) is -0.951. The lowest BCUT2D eigenvalue weighted by molar-refractivity contribution is -0.0522. The number of rotatable bonds is 9. The molecule has 1 aromatic rings. The molecule has 1 aromatic heterocycles. The van der Waals surface area contributed by atoms with E-state index in [0.717, 1.165) is 13.3 Å². The molecular formula is C10H16BN2O15P3. The van der Waals surface area contributed by atoms with Crippen LogP contribution in [0, 0.1) is 0 Å². The van der Waals surface area contributed by atoms with Crippen LogP contribution in [0.4, 0.5) is 0 Å². The summed E-state index contributed by atoms with van der Waals surface area (Å²) in [4.78, 5) is 51.5. The van der Waals surface area contributed by atoms with E-state index in [1.54, 1.807) is 0 Å². The van der Waals surface area contributed by atoms with Gasteiger partial charge in [-0.15, -0.1) is 0 Å². The summed E-state index contributed by atoms with van der Waals surface area (Å²) in [5, 5.41) is 20.2. The largest absolute Gasteiger partial charge is 0.490 e. The van der Waals surface area contributed by atoms with Crippen LogP contribution in [0.5, 0.6) is 5.75 Å². The van der Waals surface area contributed by atoms with Gasteiger partial charge >= 0.3 is 21.3 Å². The summed E-state index contributed by atoms with van der Waals surface area (Å²) in [7, 11) is -9.99. The highest BCUT2D eigenvalue weighted by Crippen LogP contribution is 2.66. The molecule has 21 heteroatoms. The first-order valence-electron chi connectivity index (χ1n) is 7.80. The Kier molecular flexibility index (Phi) is 7.92. The number of aromatic amines is 1. The van der Waals surface area contributed by atoms with Gasteiger partial charge in [0.25, 0.3) is 13.0 Å². The van der Waals surface area contributed by atoms with Crippen molar-refractivity contribution in [2.75, 3.05) is 13.7 Å². The summed E-state index contributed by atoms with van der Waals surface area (Å²) in [6, 6.07) is 0. The third-order valence-electron chi connectivity index (χ3n) is 3.61. The molecule has 0 bridgehead atoms. The van der Waals surface area contributed by atoms with Gasteiger partial charge in [0, 0.05) is 0 Å². The molecule has 6 N–H and O–H groups in total. The minimum Gasteiger partial charge on any atom is -0.490 e. The second-order valence-corrected chi connectivity index (χ2v) is 10.4. The zero-order valence-corrected chi connectivity index (χ0v) is 18.0. The van der Waals surface area contributed by atoms with Crippen LogP contribution in [0.25, 0.3) is 0 Å². The van der Waals surface area contributed by atoms with Crippen molar-refractivity contribution in [3.05, 3.63) is 27.0 Å². The first-order chi connectivity index (χ1) is 14.1. The Bertz CT molecular complexity index is 1070.